The van der Waals surface area contributed by atoms with Crippen LogP contribution in [0.3, 0.4) is 0 Å². The van der Waals surface area contributed by atoms with Gasteiger partial charge in [0.2, 0.25) is 5.91 Å². The first-order valence-electron chi connectivity index (χ1n) is 7.72. The lowest BCUT2D eigenvalue weighted by Gasteiger charge is -2.19. The Bertz CT molecular complexity index is 614. The van der Waals surface area contributed by atoms with Crippen LogP contribution in [-0.2, 0) is 11.2 Å². The summed E-state index contributed by atoms with van der Waals surface area (Å²) in [6.07, 6.45) is 0.835. The van der Waals surface area contributed by atoms with Gasteiger partial charge >= 0.3 is 0 Å². The highest BCUT2D eigenvalue weighted by molar-refractivity contribution is 8.14. The lowest BCUT2D eigenvalue weighted by atomic mass is 10.1. The molecule has 5 nitrogen and oxygen atoms in total. The molecule has 0 unspecified atom stereocenters. The molecule has 1 aromatic carbocycles. The largest absolute Gasteiger partial charge is 0.356 e. The van der Waals surface area contributed by atoms with E-state index in [1.165, 1.54) is 12.5 Å². The van der Waals surface area contributed by atoms with Gasteiger partial charge < -0.3 is 5.32 Å². The maximum Gasteiger partial charge on any atom is 0.216 e. The van der Waals surface area contributed by atoms with Gasteiger partial charge in [0, 0.05) is 19.2 Å². The molecule has 1 aromatic rings. The van der Waals surface area contributed by atoms with E-state index in [0.717, 1.165) is 28.6 Å². The summed E-state index contributed by atoms with van der Waals surface area (Å²) >= 11 is 1.67. The molecule has 1 amide bonds. The summed E-state index contributed by atoms with van der Waals surface area (Å²) in [6.45, 7) is 8.41. The minimum absolute atomic E-state index is 0.00834. The summed E-state index contributed by atoms with van der Waals surface area (Å²) in [6, 6.07) is 8.33. The van der Waals surface area contributed by atoms with E-state index in [4.69, 9.17) is 0 Å². The van der Waals surface area contributed by atoms with Gasteiger partial charge in [-0.05, 0) is 38.3 Å². The summed E-state index contributed by atoms with van der Waals surface area (Å²) in [5.41, 5.74) is 6.28. The third kappa shape index (κ3) is 6.06. The second kappa shape index (κ2) is 7.64. The van der Waals surface area contributed by atoms with Gasteiger partial charge in [0.1, 0.15) is 0 Å². The monoisotopic (exact) mass is 332 g/mol. The third-order valence-corrected chi connectivity index (χ3v) is 4.02. The number of rotatable bonds is 4. The van der Waals surface area contributed by atoms with Crippen molar-refractivity contribution in [1.29, 1.82) is 0 Å². The molecule has 1 heterocycles. The molecule has 1 aliphatic rings. The van der Waals surface area contributed by atoms with Gasteiger partial charge in [-0.25, -0.2) is 0 Å². The molecule has 0 saturated carbocycles. The predicted octanol–water partition coefficient (Wildman–Crippen LogP) is 2.56. The zero-order valence-electron chi connectivity index (χ0n) is 14.1. The van der Waals surface area contributed by atoms with Crippen molar-refractivity contribution in [2.45, 2.75) is 39.7 Å². The molecule has 0 atom stereocenters. The number of aliphatic imine (C=N–C) groups is 1. The van der Waals surface area contributed by atoms with Crippen molar-refractivity contribution in [3.05, 3.63) is 35.4 Å². The van der Waals surface area contributed by atoms with Crippen molar-refractivity contribution in [3.8, 4) is 0 Å². The van der Waals surface area contributed by atoms with Crippen LogP contribution < -0.4 is 10.7 Å². The van der Waals surface area contributed by atoms with Gasteiger partial charge in [-0.3, -0.25) is 15.2 Å². The van der Waals surface area contributed by atoms with Crippen molar-refractivity contribution in [3.63, 3.8) is 0 Å². The maximum absolute atomic E-state index is 10.9. The number of amidine groups is 1. The van der Waals surface area contributed by atoms with Crippen molar-refractivity contribution in [1.82, 2.24) is 10.7 Å². The fourth-order valence-corrected chi connectivity index (χ4v) is 3.03. The van der Waals surface area contributed by atoms with Crippen LogP contribution in [-0.4, -0.2) is 34.6 Å². The molecule has 124 valence electrons. The number of nitrogens with zero attached hydrogens (tertiary/aromatic N) is 2. The normalized spacial score (nSPS) is 16.7. The molecule has 0 radical (unpaired) electrons. The first-order valence-corrected chi connectivity index (χ1v) is 8.71. The second-order valence-corrected chi connectivity index (χ2v) is 7.44. The number of thioether (sulfide) groups is 1. The van der Waals surface area contributed by atoms with Crippen LogP contribution in [0.5, 0.6) is 0 Å². The van der Waals surface area contributed by atoms with E-state index >= 15 is 0 Å². The number of nitrogens with one attached hydrogen (secondary N) is 2. The average molecular weight is 332 g/mol. The first-order chi connectivity index (χ1) is 10.8. The Labute approximate surface area is 142 Å². The standard InChI is InChI=1S/C17H24N4OS/c1-12(22)18-10-9-13-5-7-14(8-6-13)15-11-23-16(21-20-15)19-17(2,3)4/h5-8H,9-11H2,1-4H3,(H,18,22)(H,19,21). The minimum atomic E-state index is -0.0993. The van der Waals surface area contributed by atoms with E-state index in [-0.39, 0.29) is 11.4 Å². The number of carbonyl (C=O) groups is 1. The van der Waals surface area contributed by atoms with E-state index in [0.29, 0.717) is 6.54 Å². The Morgan fingerprint density at radius 3 is 2.57 bits per heavy atom. The molecule has 0 saturated heterocycles. The van der Waals surface area contributed by atoms with Gasteiger partial charge in [0.05, 0.1) is 11.3 Å². The summed E-state index contributed by atoms with van der Waals surface area (Å²) in [4.78, 5) is 15.4. The lowest BCUT2D eigenvalue weighted by Crippen LogP contribution is -2.28. The molecule has 0 bridgehead atoms. The molecular formula is C17H24N4OS. The second-order valence-electron chi connectivity index (χ2n) is 6.48. The molecule has 0 aliphatic carbocycles. The summed E-state index contributed by atoms with van der Waals surface area (Å²) in [7, 11) is 0. The summed E-state index contributed by atoms with van der Waals surface area (Å²) < 4.78 is 0. The Morgan fingerprint density at radius 1 is 1.35 bits per heavy atom. The highest BCUT2D eigenvalue weighted by Crippen LogP contribution is 2.17. The number of benzene rings is 1. The number of carbonyl (C=O) groups excluding carboxylic acids is 1. The zero-order chi connectivity index (χ0) is 16.9. The lowest BCUT2D eigenvalue weighted by molar-refractivity contribution is -0.118. The van der Waals surface area contributed by atoms with Crippen molar-refractivity contribution in [2.24, 2.45) is 10.1 Å². The third-order valence-electron chi connectivity index (χ3n) is 3.14. The molecule has 1 aliphatic heterocycles. The van der Waals surface area contributed by atoms with Crippen LogP contribution in [0.25, 0.3) is 0 Å². The summed E-state index contributed by atoms with van der Waals surface area (Å²) in [5, 5.41) is 8.11. The van der Waals surface area contributed by atoms with E-state index in [1.807, 2.05) is 0 Å². The van der Waals surface area contributed by atoms with Gasteiger partial charge in [0.15, 0.2) is 5.17 Å². The van der Waals surface area contributed by atoms with E-state index in [2.05, 4.69) is 65.9 Å². The van der Waals surface area contributed by atoms with E-state index in [1.54, 1.807) is 11.8 Å². The average Bonchev–Trinajstić information content (AvgIpc) is 2.47. The summed E-state index contributed by atoms with van der Waals surface area (Å²) in [5.74, 6) is 0.821. The van der Waals surface area contributed by atoms with Crippen LogP contribution in [0.15, 0.2) is 34.4 Å². The molecule has 0 aromatic heterocycles. The van der Waals surface area contributed by atoms with Gasteiger partial charge in [0.25, 0.3) is 0 Å². The number of hydrogen-bond donors (Lipinski definition) is 2. The van der Waals surface area contributed by atoms with Crippen molar-refractivity contribution < 1.29 is 4.79 Å². The molecule has 0 spiro atoms. The van der Waals surface area contributed by atoms with Gasteiger partial charge in [-0.2, -0.15) is 5.10 Å². The Balaban J connectivity index is 1.95. The minimum Gasteiger partial charge on any atom is -0.356 e. The van der Waals surface area contributed by atoms with Crippen molar-refractivity contribution >= 4 is 28.5 Å². The van der Waals surface area contributed by atoms with Crippen molar-refractivity contribution in [2.75, 3.05) is 12.3 Å². The maximum atomic E-state index is 10.9. The molecular weight excluding hydrogens is 308 g/mol. The predicted molar refractivity (Wildman–Crippen MR) is 98.1 cm³/mol. The van der Waals surface area contributed by atoms with Crippen LogP contribution in [0.1, 0.15) is 38.8 Å². The van der Waals surface area contributed by atoms with Crippen LogP contribution >= 0.6 is 11.8 Å². The molecule has 6 heteroatoms. The Morgan fingerprint density at radius 2 is 2.04 bits per heavy atom. The first kappa shape index (κ1) is 17.5. The van der Waals surface area contributed by atoms with Crippen LogP contribution in [0.4, 0.5) is 0 Å². The fourth-order valence-electron chi connectivity index (χ4n) is 2.07. The quantitative estimate of drug-likeness (QED) is 0.890. The fraction of sp³-hybridized carbons (Fsp3) is 0.471. The zero-order valence-corrected chi connectivity index (χ0v) is 15.0. The van der Waals surface area contributed by atoms with Crippen LogP contribution in [0, 0.1) is 0 Å². The SMILES string of the molecule is CC(=O)NCCc1ccc(C2=NNC(=NC(C)(C)C)SC2)cc1. The number of amides is 1. The van der Waals surface area contributed by atoms with Crippen LogP contribution in [0.2, 0.25) is 0 Å². The molecule has 2 rings (SSSR count). The molecule has 23 heavy (non-hydrogen) atoms. The smallest absolute Gasteiger partial charge is 0.216 e. The Kier molecular flexibility index (Phi) is 5.82. The highest BCUT2D eigenvalue weighted by atomic mass is 32.2. The van der Waals surface area contributed by atoms with E-state index < -0.39 is 0 Å². The molecule has 2 N–H and O–H groups in total. The van der Waals surface area contributed by atoms with Gasteiger partial charge in [-0.1, -0.05) is 36.0 Å². The topological polar surface area (TPSA) is 65.8 Å². The Hall–Kier alpha value is -1.82. The number of hydrogen-bond acceptors (Lipinski definition) is 4. The van der Waals surface area contributed by atoms with E-state index in [9.17, 15) is 4.79 Å². The highest BCUT2D eigenvalue weighted by Gasteiger charge is 2.16. The molecule has 0 fully saturated rings. The van der Waals surface area contributed by atoms with Gasteiger partial charge in [-0.15, -0.1) is 0 Å². The number of hydrazone groups is 1.